The molecule has 106 valence electrons. The lowest BCUT2D eigenvalue weighted by Gasteiger charge is -2.20. The Morgan fingerprint density at radius 3 is 2.58 bits per heavy atom. The minimum atomic E-state index is 0.399. The number of hydrogen-bond donors (Lipinski definition) is 1. The highest BCUT2D eigenvalue weighted by molar-refractivity contribution is 14.1. The van der Waals surface area contributed by atoms with E-state index in [2.05, 4.69) is 41.4 Å². The van der Waals surface area contributed by atoms with Gasteiger partial charge in [0.15, 0.2) is 0 Å². The predicted molar refractivity (Wildman–Crippen MR) is 91.4 cm³/mol. The van der Waals surface area contributed by atoms with Crippen molar-refractivity contribution in [2.24, 2.45) is 0 Å². The Hall–Kier alpha value is -0.0400. The molecule has 1 fully saturated rings. The second-order valence-corrected chi connectivity index (χ2v) is 7.82. The van der Waals surface area contributed by atoms with Gasteiger partial charge in [-0.25, -0.2) is 9.97 Å². The lowest BCUT2D eigenvalue weighted by Crippen LogP contribution is -2.11. The Morgan fingerprint density at radius 2 is 1.95 bits per heavy atom. The quantitative estimate of drug-likeness (QED) is 0.776. The van der Waals surface area contributed by atoms with E-state index < -0.39 is 0 Å². The molecule has 0 atom stereocenters. The van der Waals surface area contributed by atoms with E-state index in [-0.39, 0.29) is 0 Å². The fourth-order valence-electron chi connectivity index (χ4n) is 2.40. The zero-order valence-electron chi connectivity index (χ0n) is 11.7. The Labute approximate surface area is 133 Å². The van der Waals surface area contributed by atoms with Crippen molar-refractivity contribution in [1.82, 2.24) is 9.97 Å². The maximum Gasteiger partial charge on any atom is 0.140 e. The van der Waals surface area contributed by atoms with Gasteiger partial charge in [0.25, 0.3) is 0 Å². The summed E-state index contributed by atoms with van der Waals surface area (Å²) in [5.74, 6) is 2.83. The number of anilines is 1. The third-order valence-electron chi connectivity index (χ3n) is 3.50. The van der Waals surface area contributed by atoms with E-state index in [1.54, 1.807) is 0 Å². The smallest absolute Gasteiger partial charge is 0.140 e. The summed E-state index contributed by atoms with van der Waals surface area (Å²) in [7, 11) is 0. The van der Waals surface area contributed by atoms with E-state index in [4.69, 9.17) is 10.7 Å². The average molecular weight is 391 g/mol. The summed E-state index contributed by atoms with van der Waals surface area (Å²) in [4.78, 5) is 9.14. The molecule has 1 heterocycles. The van der Waals surface area contributed by atoms with Crippen LogP contribution in [0.25, 0.3) is 0 Å². The van der Waals surface area contributed by atoms with E-state index in [9.17, 15) is 0 Å². The molecule has 1 aromatic rings. The van der Waals surface area contributed by atoms with Gasteiger partial charge in [0.1, 0.15) is 11.6 Å². The number of hydrogen-bond acceptors (Lipinski definition) is 4. The van der Waals surface area contributed by atoms with Gasteiger partial charge in [0, 0.05) is 5.25 Å². The Kier molecular flexibility index (Phi) is 5.74. The molecule has 2 N–H and O–H groups in total. The van der Waals surface area contributed by atoms with Crippen LogP contribution in [0.2, 0.25) is 0 Å². The monoisotopic (exact) mass is 391 g/mol. The molecule has 0 bridgehead atoms. The minimum Gasteiger partial charge on any atom is -0.383 e. The molecule has 3 nitrogen and oxygen atoms in total. The average Bonchev–Trinajstić information content (AvgIpc) is 2.41. The van der Waals surface area contributed by atoms with E-state index in [0.717, 1.165) is 26.1 Å². The molecule has 0 unspecified atom stereocenters. The van der Waals surface area contributed by atoms with Crippen LogP contribution in [0.5, 0.6) is 0 Å². The first-order valence-corrected chi connectivity index (χ1v) is 9.14. The molecule has 0 aromatic carbocycles. The van der Waals surface area contributed by atoms with Crippen LogP contribution in [0.1, 0.15) is 63.4 Å². The number of nitrogen functional groups attached to an aromatic ring is 1. The highest BCUT2D eigenvalue weighted by atomic mass is 127. The number of nitrogens with zero attached hydrogens (tertiary/aromatic N) is 2. The van der Waals surface area contributed by atoms with Crippen molar-refractivity contribution in [2.75, 3.05) is 5.73 Å². The summed E-state index contributed by atoms with van der Waals surface area (Å²) in [6.07, 6.45) is 6.86. The van der Waals surface area contributed by atoms with Crippen molar-refractivity contribution >= 4 is 40.2 Å². The van der Waals surface area contributed by atoms with Crippen molar-refractivity contribution in [1.29, 1.82) is 0 Å². The van der Waals surface area contributed by atoms with Gasteiger partial charge >= 0.3 is 0 Å². The SMILES string of the molecule is CC(C)c1nc(CSC2CCCCC2)nc(N)c1I. The van der Waals surface area contributed by atoms with Crippen LogP contribution in [-0.4, -0.2) is 15.2 Å². The van der Waals surface area contributed by atoms with Gasteiger partial charge in [-0.1, -0.05) is 33.1 Å². The molecule has 19 heavy (non-hydrogen) atoms. The van der Waals surface area contributed by atoms with E-state index in [1.165, 1.54) is 32.1 Å². The van der Waals surface area contributed by atoms with Crippen LogP contribution in [0, 0.1) is 3.57 Å². The molecule has 0 amide bonds. The van der Waals surface area contributed by atoms with Crippen LogP contribution in [0.3, 0.4) is 0 Å². The van der Waals surface area contributed by atoms with Gasteiger partial charge in [-0.2, -0.15) is 11.8 Å². The summed E-state index contributed by atoms with van der Waals surface area (Å²) >= 11 is 4.25. The lowest BCUT2D eigenvalue weighted by molar-refractivity contribution is 0.516. The largest absolute Gasteiger partial charge is 0.383 e. The standard InChI is InChI=1S/C14H22IN3S/c1-9(2)13-12(15)14(16)18-11(17-13)8-19-10-6-4-3-5-7-10/h9-10H,3-8H2,1-2H3,(H2,16,17,18). The molecule has 5 heteroatoms. The highest BCUT2D eigenvalue weighted by Crippen LogP contribution is 2.31. The fraction of sp³-hybridized carbons (Fsp3) is 0.714. The van der Waals surface area contributed by atoms with Crippen LogP contribution in [0.15, 0.2) is 0 Å². The number of thioether (sulfide) groups is 1. The maximum absolute atomic E-state index is 6.00. The topological polar surface area (TPSA) is 51.8 Å². The van der Waals surface area contributed by atoms with Gasteiger partial charge < -0.3 is 5.73 Å². The molecule has 1 aliphatic rings. The summed E-state index contributed by atoms with van der Waals surface area (Å²) in [5, 5.41) is 0.792. The van der Waals surface area contributed by atoms with Crippen LogP contribution in [0.4, 0.5) is 5.82 Å². The van der Waals surface area contributed by atoms with Crippen molar-refractivity contribution in [3.8, 4) is 0 Å². The molecular formula is C14H22IN3S. The first-order chi connectivity index (χ1) is 9.08. The lowest BCUT2D eigenvalue weighted by atomic mass is 10.0. The normalized spacial score (nSPS) is 17.1. The first-order valence-electron chi connectivity index (χ1n) is 7.01. The zero-order valence-corrected chi connectivity index (χ0v) is 14.6. The van der Waals surface area contributed by atoms with Crippen molar-refractivity contribution < 1.29 is 0 Å². The summed E-state index contributed by atoms with van der Waals surface area (Å²) in [5.41, 5.74) is 7.09. The Morgan fingerprint density at radius 1 is 1.26 bits per heavy atom. The molecule has 1 aromatic heterocycles. The van der Waals surface area contributed by atoms with Gasteiger partial charge in [-0.05, 0) is 41.4 Å². The summed E-state index contributed by atoms with van der Waals surface area (Å²) in [6.45, 7) is 4.31. The number of aromatic nitrogens is 2. The predicted octanol–water partition coefficient (Wildman–Crippen LogP) is 4.35. The zero-order chi connectivity index (χ0) is 13.8. The van der Waals surface area contributed by atoms with E-state index >= 15 is 0 Å². The third kappa shape index (κ3) is 4.21. The Bertz CT molecular complexity index is 431. The third-order valence-corrected chi connectivity index (χ3v) is 5.97. The molecular weight excluding hydrogens is 369 g/mol. The minimum absolute atomic E-state index is 0.399. The first kappa shape index (κ1) is 15.4. The van der Waals surface area contributed by atoms with E-state index in [1.807, 2.05) is 11.8 Å². The van der Waals surface area contributed by atoms with E-state index in [0.29, 0.717) is 11.7 Å². The second kappa shape index (κ2) is 7.11. The molecule has 2 rings (SSSR count). The summed E-state index contributed by atoms with van der Waals surface area (Å²) < 4.78 is 1.01. The van der Waals surface area contributed by atoms with Crippen LogP contribution < -0.4 is 5.73 Å². The van der Waals surface area contributed by atoms with Gasteiger partial charge in [-0.15, -0.1) is 0 Å². The molecule has 0 saturated heterocycles. The van der Waals surface area contributed by atoms with Gasteiger partial charge in [0.2, 0.25) is 0 Å². The number of nitrogens with two attached hydrogens (primary N) is 1. The second-order valence-electron chi connectivity index (χ2n) is 5.45. The maximum atomic E-state index is 6.00. The van der Waals surface area contributed by atoms with Crippen LogP contribution in [-0.2, 0) is 5.75 Å². The van der Waals surface area contributed by atoms with Crippen molar-refractivity contribution in [2.45, 2.75) is 62.9 Å². The molecule has 1 aliphatic carbocycles. The molecule has 0 spiro atoms. The van der Waals surface area contributed by atoms with Gasteiger partial charge in [-0.3, -0.25) is 0 Å². The number of rotatable bonds is 4. The summed E-state index contributed by atoms with van der Waals surface area (Å²) in [6, 6.07) is 0. The Balaban J connectivity index is 2.03. The number of halogens is 1. The molecule has 0 radical (unpaired) electrons. The highest BCUT2D eigenvalue weighted by Gasteiger charge is 2.16. The van der Waals surface area contributed by atoms with Crippen molar-refractivity contribution in [3.05, 3.63) is 15.1 Å². The molecule has 1 saturated carbocycles. The van der Waals surface area contributed by atoms with Crippen molar-refractivity contribution in [3.63, 3.8) is 0 Å². The molecule has 0 aliphatic heterocycles. The van der Waals surface area contributed by atoms with Crippen LogP contribution >= 0.6 is 34.4 Å². The fourth-order valence-corrected chi connectivity index (χ4v) is 4.45. The van der Waals surface area contributed by atoms with Gasteiger partial charge in [0.05, 0.1) is 15.0 Å².